The van der Waals surface area contributed by atoms with Gasteiger partial charge < -0.3 is 0 Å². The lowest BCUT2D eigenvalue weighted by molar-refractivity contribution is 1.47. The average molecular weight is 240 g/mol. The standard InChI is InChI=1S/C16H20Si/c1-13-8-10-15(11-9-13)17(3,4)16-7-5-6-14(2)12-16/h5-12H,1-4H3/q-1. The van der Waals surface area contributed by atoms with Gasteiger partial charge in [-0.2, -0.15) is 23.5 Å². The molecule has 0 aliphatic heterocycles. The zero-order chi connectivity index (χ0) is 12.5. The number of hydrogen-bond acceptors (Lipinski definition) is 0. The molecular weight excluding hydrogens is 220 g/mol. The van der Waals surface area contributed by atoms with E-state index in [-0.39, 0.29) is 0 Å². The first kappa shape index (κ1) is 12.1. The first-order chi connectivity index (χ1) is 8.00. The highest BCUT2D eigenvalue weighted by molar-refractivity contribution is 7.00. The molecule has 0 spiro atoms. The van der Waals surface area contributed by atoms with Crippen molar-refractivity contribution >= 4 is 18.4 Å². The van der Waals surface area contributed by atoms with Crippen molar-refractivity contribution < 1.29 is 0 Å². The van der Waals surface area contributed by atoms with Crippen molar-refractivity contribution in [1.82, 2.24) is 0 Å². The summed E-state index contributed by atoms with van der Waals surface area (Å²) >= 11 is 0. The predicted octanol–water partition coefficient (Wildman–Crippen LogP) is 3.13. The van der Waals surface area contributed by atoms with Crippen molar-refractivity contribution in [2.75, 3.05) is 0 Å². The van der Waals surface area contributed by atoms with Crippen LogP contribution in [0.2, 0.25) is 13.1 Å². The number of rotatable bonds is 2. The molecular formula is C16H20Si-. The van der Waals surface area contributed by atoms with E-state index in [9.17, 15) is 0 Å². The lowest BCUT2D eigenvalue weighted by Crippen LogP contribution is -2.52. The van der Waals surface area contributed by atoms with E-state index in [1.54, 1.807) is 0 Å². The Morgan fingerprint density at radius 1 is 0.706 bits per heavy atom. The third-order valence-electron chi connectivity index (χ3n) is 3.51. The molecule has 0 saturated carbocycles. The molecule has 0 N–H and O–H groups in total. The molecule has 17 heavy (non-hydrogen) atoms. The van der Waals surface area contributed by atoms with Gasteiger partial charge in [-0.15, -0.1) is 0 Å². The first-order valence-electron chi connectivity index (χ1n) is 6.14. The van der Waals surface area contributed by atoms with Gasteiger partial charge in [0.2, 0.25) is 0 Å². The second-order valence-corrected chi connectivity index (χ2v) is 9.77. The Morgan fingerprint density at radius 2 is 1.35 bits per heavy atom. The van der Waals surface area contributed by atoms with Crippen molar-refractivity contribution in [2.45, 2.75) is 26.9 Å². The molecule has 0 unspecified atom stereocenters. The van der Waals surface area contributed by atoms with E-state index in [1.165, 1.54) is 21.5 Å². The highest BCUT2D eigenvalue weighted by Gasteiger charge is 2.12. The summed E-state index contributed by atoms with van der Waals surface area (Å²) in [6.45, 7) is 9.16. The summed E-state index contributed by atoms with van der Waals surface area (Å²) in [5.41, 5.74) is 2.69. The van der Waals surface area contributed by atoms with Crippen molar-refractivity contribution in [3.05, 3.63) is 59.7 Å². The predicted molar refractivity (Wildman–Crippen MR) is 79.1 cm³/mol. The van der Waals surface area contributed by atoms with E-state index >= 15 is 0 Å². The number of aryl methyl sites for hydroxylation is 2. The summed E-state index contributed by atoms with van der Waals surface area (Å²) < 4.78 is 0. The van der Waals surface area contributed by atoms with Gasteiger partial charge in [0.05, 0.1) is 0 Å². The molecule has 0 fully saturated rings. The minimum Gasteiger partial charge on any atom is -0.180 e. The largest absolute Gasteiger partial charge is 0.180 e. The maximum Gasteiger partial charge on any atom is -0.0398 e. The Bertz CT molecular complexity index is 509. The van der Waals surface area contributed by atoms with Crippen molar-refractivity contribution in [3.63, 3.8) is 0 Å². The van der Waals surface area contributed by atoms with Crippen LogP contribution in [0.15, 0.2) is 48.5 Å². The minimum atomic E-state index is -1.51. The average Bonchev–Trinajstić information content (AvgIpc) is 2.29. The molecule has 0 nitrogen and oxygen atoms in total. The van der Waals surface area contributed by atoms with Crippen molar-refractivity contribution in [3.8, 4) is 0 Å². The highest BCUT2D eigenvalue weighted by atomic mass is 28.3. The quantitative estimate of drug-likeness (QED) is 0.708. The fraction of sp³-hybridized carbons (Fsp3) is 0.250. The van der Waals surface area contributed by atoms with Gasteiger partial charge in [0.15, 0.2) is 0 Å². The molecule has 1 heteroatoms. The molecule has 0 atom stereocenters. The summed E-state index contributed by atoms with van der Waals surface area (Å²) in [6, 6.07) is 18.0. The Morgan fingerprint density at radius 3 is 1.94 bits per heavy atom. The van der Waals surface area contributed by atoms with E-state index in [2.05, 4.69) is 75.5 Å². The van der Waals surface area contributed by atoms with E-state index < -0.39 is 8.07 Å². The van der Waals surface area contributed by atoms with Gasteiger partial charge in [0.1, 0.15) is 0 Å². The van der Waals surface area contributed by atoms with Crippen LogP contribution in [0.4, 0.5) is 0 Å². The molecule has 2 aromatic carbocycles. The van der Waals surface area contributed by atoms with Crippen molar-refractivity contribution in [2.24, 2.45) is 0 Å². The molecule has 89 valence electrons. The highest BCUT2D eigenvalue weighted by Crippen LogP contribution is 2.07. The zero-order valence-corrected chi connectivity index (χ0v) is 12.1. The van der Waals surface area contributed by atoms with Crippen LogP contribution in [-0.2, 0) is 0 Å². The van der Waals surface area contributed by atoms with Gasteiger partial charge in [-0.3, -0.25) is 0 Å². The van der Waals surface area contributed by atoms with E-state index in [0.29, 0.717) is 0 Å². The van der Waals surface area contributed by atoms with Gasteiger partial charge in [-0.1, -0.05) is 67.7 Å². The molecule has 0 heterocycles. The second kappa shape index (κ2) is 4.50. The Kier molecular flexibility index (Phi) is 3.21. The lowest BCUT2D eigenvalue weighted by Gasteiger charge is -2.36. The maximum absolute atomic E-state index is 2.42. The number of benzene rings is 2. The van der Waals surface area contributed by atoms with Crippen molar-refractivity contribution in [1.29, 1.82) is 0 Å². The molecule has 0 bridgehead atoms. The minimum absolute atomic E-state index is 1.34. The summed E-state index contributed by atoms with van der Waals surface area (Å²) in [5, 5.41) is 3.02. The van der Waals surface area contributed by atoms with Gasteiger partial charge in [0.25, 0.3) is 0 Å². The molecule has 2 aromatic rings. The van der Waals surface area contributed by atoms with Crippen LogP contribution >= 0.6 is 0 Å². The van der Waals surface area contributed by atoms with Gasteiger partial charge in [-0.05, 0) is 13.8 Å². The summed E-state index contributed by atoms with van der Waals surface area (Å²) in [4.78, 5) is 0. The van der Waals surface area contributed by atoms with Crippen LogP contribution in [0.1, 0.15) is 11.1 Å². The lowest BCUT2D eigenvalue weighted by atomic mass is 10.2. The van der Waals surface area contributed by atoms with Crippen LogP contribution in [0, 0.1) is 13.8 Å². The summed E-state index contributed by atoms with van der Waals surface area (Å²) in [5.74, 6) is 0. The van der Waals surface area contributed by atoms with Crippen LogP contribution < -0.4 is 10.4 Å². The fourth-order valence-electron chi connectivity index (χ4n) is 2.17. The van der Waals surface area contributed by atoms with Crippen LogP contribution in [-0.4, -0.2) is 8.07 Å². The third kappa shape index (κ3) is 2.50. The van der Waals surface area contributed by atoms with Crippen LogP contribution in [0.25, 0.3) is 0 Å². The maximum atomic E-state index is 2.42. The van der Waals surface area contributed by atoms with Crippen LogP contribution in [0.3, 0.4) is 0 Å². The van der Waals surface area contributed by atoms with Gasteiger partial charge in [0, 0.05) is 0 Å². The van der Waals surface area contributed by atoms with Gasteiger partial charge >= 0.3 is 0 Å². The Hall–Kier alpha value is -1.34. The smallest absolute Gasteiger partial charge is 0.0398 e. The summed E-state index contributed by atoms with van der Waals surface area (Å²) in [6.07, 6.45) is 0. The molecule has 0 aliphatic rings. The molecule has 0 saturated heterocycles. The SMILES string of the molecule is Cc1ccc([Si-](C)(C)c2cccc(C)c2)cc1. The topological polar surface area (TPSA) is 0 Å². The molecule has 0 radical (unpaired) electrons. The molecule has 0 aromatic heterocycles. The van der Waals surface area contributed by atoms with E-state index in [0.717, 1.165) is 0 Å². The van der Waals surface area contributed by atoms with E-state index in [4.69, 9.17) is 0 Å². The molecule has 0 amide bonds. The number of hydrogen-bond donors (Lipinski definition) is 0. The zero-order valence-electron chi connectivity index (χ0n) is 11.1. The Balaban J connectivity index is 2.45. The summed E-state index contributed by atoms with van der Waals surface area (Å²) in [7, 11) is -1.51. The van der Waals surface area contributed by atoms with E-state index in [1.807, 2.05) is 0 Å². The van der Waals surface area contributed by atoms with Gasteiger partial charge in [-0.25, -0.2) is 0 Å². The Labute approximate surface area is 105 Å². The first-order valence-corrected chi connectivity index (χ1v) is 9.14. The second-order valence-electron chi connectivity index (χ2n) is 5.36. The monoisotopic (exact) mass is 240 g/mol. The fourth-order valence-corrected chi connectivity index (χ4v) is 4.61. The normalized spacial score (nSPS) is 11.5. The van der Waals surface area contributed by atoms with Crippen LogP contribution in [0.5, 0.6) is 0 Å². The molecule has 2 rings (SSSR count). The molecule has 0 aliphatic carbocycles. The third-order valence-corrected chi connectivity index (χ3v) is 7.04.